The summed E-state index contributed by atoms with van der Waals surface area (Å²) in [5, 5.41) is 5.43. The number of urea groups is 1. The number of nitrogens with one attached hydrogen (secondary N) is 2. The van der Waals surface area contributed by atoms with Gasteiger partial charge in [-0.15, -0.1) is 0 Å². The highest BCUT2D eigenvalue weighted by molar-refractivity contribution is 5.95. The summed E-state index contributed by atoms with van der Waals surface area (Å²) in [4.78, 5) is 26.1. The van der Waals surface area contributed by atoms with Crippen molar-refractivity contribution in [3.63, 3.8) is 0 Å². The van der Waals surface area contributed by atoms with Crippen molar-refractivity contribution in [2.45, 2.75) is 26.3 Å². The van der Waals surface area contributed by atoms with Crippen molar-refractivity contribution in [2.75, 3.05) is 25.6 Å². The summed E-state index contributed by atoms with van der Waals surface area (Å²) < 4.78 is 5.25. The van der Waals surface area contributed by atoms with Crippen LogP contribution in [0.5, 0.6) is 0 Å². The van der Waals surface area contributed by atoms with Gasteiger partial charge in [0.2, 0.25) is 0 Å². The average molecular weight is 317 g/mol. The van der Waals surface area contributed by atoms with Crippen molar-refractivity contribution in [1.29, 1.82) is 0 Å². The zero-order valence-corrected chi connectivity index (χ0v) is 14.0. The average Bonchev–Trinajstić information content (AvgIpc) is 2.52. The molecule has 1 aliphatic heterocycles. The number of carbonyl (C=O) groups is 2. The first kappa shape index (κ1) is 16.9. The molecule has 1 atom stereocenters. The minimum atomic E-state index is -0.510. The van der Waals surface area contributed by atoms with Crippen LogP contribution in [0.1, 0.15) is 31.9 Å². The zero-order chi connectivity index (χ0) is 17.0. The molecule has 124 valence electrons. The number of anilines is 1. The molecular weight excluding hydrogens is 294 g/mol. The summed E-state index contributed by atoms with van der Waals surface area (Å²) in [5.41, 5.74) is 2.85. The summed E-state index contributed by atoms with van der Waals surface area (Å²) in [7, 11) is 3.91. The standard InChI is InChI=1S/C17H23N3O3/c1-5-10-23-16(21)14-11(2)18-17(22)19-15(14)12-6-8-13(9-7-12)20(3)4/h6-9,15H,5,10H2,1-4H3,(H2,18,19,22). The number of ether oxygens (including phenoxy) is 1. The van der Waals surface area contributed by atoms with E-state index < -0.39 is 12.0 Å². The Kier molecular flexibility index (Phi) is 5.26. The Morgan fingerprint density at radius 2 is 1.91 bits per heavy atom. The molecule has 0 fully saturated rings. The Hall–Kier alpha value is -2.50. The molecule has 23 heavy (non-hydrogen) atoms. The van der Waals surface area contributed by atoms with Crippen LogP contribution in [-0.4, -0.2) is 32.7 Å². The van der Waals surface area contributed by atoms with Crippen LogP contribution in [0.2, 0.25) is 0 Å². The van der Waals surface area contributed by atoms with Crippen molar-refractivity contribution >= 4 is 17.7 Å². The smallest absolute Gasteiger partial charge is 0.338 e. The lowest BCUT2D eigenvalue weighted by atomic mass is 9.95. The van der Waals surface area contributed by atoms with Crippen LogP contribution in [0.25, 0.3) is 0 Å². The fourth-order valence-electron chi connectivity index (χ4n) is 2.45. The molecule has 1 aliphatic rings. The number of carbonyl (C=O) groups excluding carboxylic acids is 2. The molecule has 6 nitrogen and oxygen atoms in total. The lowest BCUT2D eigenvalue weighted by molar-refractivity contribution is -0.139. The van der Waals surface area contributed by atoms with Gasteiger partial charge in [-0.1, -0.05) is 19.1 Å². The van der Waals surface area contributed by atoms with E-state index in [1.54, 1.807) is 6.92 Å². The van der Waals surface area contributed by atoms with Gasteiger partial charge >= 0.3 is 12.0 Å². The van der Waals surface area contributed by atoms with Gasteiger partial charge in [-0.05, 0) is 31.0 Å². The second-order valence-electron chi connectivity index (χ2n) is 5.69. The molecule has 0 aliphatic carbocycles. The highest BCUT2D eigenvalue weighted by Crippen LogP contribution is 2.28. The largest absolute Gasteiger partial charge is 0.462 e. The molecule has 0 spiro atoms. The summed E-state index contributed by atoms with van der Waals surface area (Å²) in [6.07, 6.45) is 0.750. The number of hydrogen-bond acceptors (Lipinski definition) is 4. The van der Waals surface area contributed by atoms with Crippen LogP contribution in [0.15, 0.2) is 35.5 Å². The van der Waals surface area contributed by atoms with Crippen molar-refractivity contribution in [1.82, 2.24) is 10.6 Å². The highest BCUT2D eigenvalue weighted by atomic mass is 16.5. The van der Waals surface area contributed by atoms with Crippen LogP contribution in [0.3, 0.4) is 0 Å². The van der Waals surface area contributed by atoms with Gasteiger partial charge in [-0.3, -0.25) is 0 Å². The van der Waals surface area contributed by atoms with E-state index in [4.69, 9.17) is 4.74 Å². The van der Waals surface area contributed by atoms with E-state index in [0.717, 1.165) is 17.7 Å². The minimum Gasteiger partial charge on any atom is -0.462 e. The van der Waals surface area contributed by atoms with Gasteiger partial charge in [0.05, 0.1) is 18.2 Å². The van der Waals surface area contributed by atoms with Gasteiger partial charge < -0.3 is 20.3 Å². The normalized spacial score (nSPS) is 17.4. The maximum atomic E-state index is 12.4. The van der Waals surface area contributed by atoms with Crippen LogP contribution in [-0.2, 0) is 9.53 Å². The SMILES string of the molecule is CCCOC(=O)C1=C(C)NC(=O)NC1c1ccc(N(C)C)cc1. The molecule has 1 unspecified atom stereocenters. The summed E-state index contributed by atoms with van der Waals surface area (Å²) in [6.45, 7) is 4.01. The highest BCUT2D eigenvalue weighted by Gasteiger charge is 2.32. The fourth-order valence-corrected chi connectivity index (χ4v) is 2.45. The zero-order valence-electron chi connectivity index (χ0n) is 14.0. The van der Waals surface area contributed by atoms with Crippen molar-refractivity contribution in [2.24, 2.45) is 0 Å². The van der Waals surface area contributed by atoms with Gasteiger partial charge in [0.15, 0.2) is 0 Å². The topological polar surface area (TPSA) is 70.7 Å². The number of benzene rings is 1. The van der Waals surface area contributed by atoms with E-state index in [2.05, 4.69) is 10.6 Å². The van der Waals surface area contributed by atoms with E-state index in [1.807, 2.05) is 50.2 Å². The first-order chi connectivity index (χ1) is 10.9. The molecule has 0 saturated heterocycles. The van der Waals surface area contributed by atoms with Gasteiger partial charge in [0.1, 0.15) is 0 Å². The van der Waals surface area contributed by atoms with E-state index in [1.165, 1.54) is 0 Å². The van der Waals surface area contributed by atoms with E-state index >= 15 is 0 Å². The number of nitrogens with zero attached hydrogens (tertiary/aromatic N) is 1. The Bertz CT molecular complexity index is 620. The third-order valence-corrected chi connectivity index (χ3v) is 3.67. The molecule has 0 radical (unpaired) electrons. The van der Waals surface area contributed by atoms with Crippen molar-refractivity contribution in [3.8, 4) is 0 Å². The molecule has 2 N–H and O–H groups in total. The van der Waals surface area contributed by atoms with Crippen LogP contribution in [0, 0.1) is 0 Å². The van der Waals surface area contributed by atoms with Crippen LogP contribution < -0.4 is 15.5 Å². The molecule has 0 aromatic heterocycles. The molecule has 1 aromatic rings. The quantitative estimate of drug-likeness (QED) is 0.818. The van der Waals surface area contributed by atoms with Crippen LogP contribution >= 0.6 is 0 Å². The monoisotopic (exact) mass is 317 g/mol. The first-order valence-electron chi connectivity index (χ1n) is 7.66. The minimum absolute atomic E-state index is 0.323. The predicted octanol–water partition coefficient (Wildman–Crippen LogP) is 2.33. The summed E-state index contributed by atoms with van der Waals surface area (Å²) >= 11 is 0. The molecule has 1 heterocycles. The maximum absolute atomic E-state index is 12.4. The second-order valence-corrected chi connectivity index (χ2v) is 5.69. The Morgan fingerprint density at radius 1 is 1.26 bits per heavy atom. The number of allylic oxidation sites excluding steroid dienone is 1. The molecule has 0 saturated carbocycles. The summed E-state index contributed by atoms with van der Waals surface area (Å²) in [6, 6.07) is 6.89. The Labute approximate surface area is 136 Å². The van der Waals surface area contributed by atoms with E-state index in [-0.39, 0.29) is 6.03 Å². The fraction of sp³-hybridized carbons (Fsp3) is 0.412. The second kappa shape index (κ2) is 7.17. The van der Waals surface area contributed by atoms with Gasteiger partial charge in [0, 0.05) is 25.5 Å². The lowest BCUT2D eigenvalue weighted by Gasteiger charge is -2.28. The van der Waals surface area contributed by atoms with E-state index in [9.17, 15) is 9.59 Å². The molecule has 2 rings (SSSR count). The van der Waals surface area contributed by atoms with E-state index in [0.29, 0.717) is 17.9 Å². The number of esters is 1. The summed E-state index contributed by atoms with van der Waals surface area (Å²) in [5.74, 6) is -0.404. The molecule has 1 aromatic carbocycles. The maximum Gasteiger partial charge on any atom is 0.338 e. The van der Waals surface area contributed by atoms with Gasteiger partial charge in [-0.2, -0.15) is 0 Å². The molecule has 2 amide bonds. The molecule has 6 heteroatoms. The number of hydrogen-bond donors (Lipinski definition) is 2. The molecule has 0 bridgehead atoms. The number of rotatable bonds is 5. The van der Waals surface area contributed by atoms with Gasteiger partial charge in [-0.25, -0.2) is 9.59 Å². The lowest BCUT2D eigenvalue weighted by Crippen LogP contribution is -2.45. The Morgan fingerprint density at radius 3 is 2.48 bits per heavy atom. The predicted molar refractivity (Wildman–Crippen MR) is 89.1 cm³/mol. The first-order valence-corrected chi connectivity index (χ1v) is 7.66. The van der Waals surface area contributed by atoms with Crippen molar-refractivity contribution in [3.05, 3.63) is 41.1 Å². The van der Waals surface area contributed by atoms with Crippen molar-refractivity contribution < 1.29 is 14.3 Å². The Balaban J connectivity index is 2.34. The van der Waals surface area contributed by atoms with Gasteiger partial charge in [0.25, 0.3) is 0 Å². The molecular formula is C17H23N3O3. The number of amides is 2. The van der Waals surface area contributed by atoms with Crippen LogP contribution in [0.4, 0.5) is 10.5 Å². The third-order valence-electron chi connectivity index (χ3n) is 3.67. The third kappa shape index (κ3) is 3.83.